The molecule has 1 aromatic rings. The highest BCUT2D eigenvalue weighted by molar-refractivity contribution is 5.78. The fourth-order valence-electron chi connectivity index (χ4n) is 6.62. The first-order chi connectivity index (χ1) is 13.5. The topological polar surface area (TPSA) is 65.0 Å². The van der Waals surface area contributed by atoms with Crippen LogP contribution in [0, 0.1) is 5.92 Å². The minimum Gasteiger partial charge on any atom is -0.504 e. The summed E-state index contributed by atoms with van der Waals surface area (Å²) in [5.74, 6) is 1.59. The average molecular weight is 384 g/mol. The molecular formula is C23H28O5. The normalized spacial score (nSPS) is 31.2. The molecule has 3 atom stereocenters. The van der Waals surface area contributed by atoms with Crippen LogP contribution < -0.4 is 4.74 Å². The van der Waals surface area contributed by atoms with Gasteiger partial charge in [0.25, 0.3) is 0 Å². The monoisotopic (exact) mass is 384 g/mol. The van der Waals surface area contributed by atoms with Crippen molar-refractivity contribution in [2.75, 3.05) is 13.2 Å². The van der Waals surface area contributed by atoms with Crippen LogP contribution in [-0.4, -0.2) is 24.3 Å². The van der Waals surface area contributed by atoms with E-state index in [4.69, 9.17) is 14.2 Å². The molecule has 4 aliphatic carbocycles. The average Bonchev–Trinajstić information content (AvgIpc) is 3.33. The number of esters is 1. The second-order valence-corrected chi connectivity index (χ2v) is 8.40. The minimum absolute atomic E-state index is 0.225. The fraction of sp³-hybridized carbons (Fsp3) is 0.609. The SMILES string of the molecule is CCOC1=C[C@@]2(OC(C)=O)c3c(OCC)c(O)c4c(c3[C@]23CCC[C@H]13)CCC4. The van der Waals surface area contributed by atoms with Crippen LogP contribution in [0.25, 0.3) is 0 Å². The van der Waals surface area contributed by atoms with E-state index in [1.54, 1.807) is 0 Å². The van der Waals surface area contributed by atoms with Gasteiger partial charge in [-0.1, -0.05) is 6.42 Å². The molecular weight excluding hydrogens is 356 g/mol. The summed E-state index contributed by atoms with van der Waals surface area (Å²) < 4.78 is 18.1. The number of ether oxygens (including phenoxy) is 3. The van der Waals surface area contributed by atoms with Gasteiger partial charge < -0.3 is 19.3 Å². The van der Waals surface area contributed by atoms with Crippen molar-refractivity contribution in [1.29, 1.82) is 0 Å². The first-order valence-electron chi connectivity index (χ1n) is 10.6. The minimum atomic E-state index is -0.889. The van der Waals surface area contributed by atoms with Gasteiger partial charge in [-0.15, -0.1) is 0 Å². The number of carbonyl (C=O) groups excluding carboxylic acids is 1. The summed E-state index contributed by atoms with van der Waals surface area (Å²) in [6.45, 7) is 6.41. The maximum atomic E-state index is 12.2. The van der Waals surface area contributed by atoms with Crippen LogP contribution in [0.1, 0.15) is 68.7 Å². The lowest BCUT2D eigenvalue weighted by Crippen LogP contribution is -2.59. The molecule has 0 unspecified atom stereocenters. The number of rotatable bonds is 5. The van der Waals surface area contributed by atoms with Gasteiger partial charge in [0.05, 0.1) is 24.2 Å². The lowest BCUT2D eigenvalue weighted by Gasteiger charge is -2.56. The Kier molecular flexibility index (Phi) is 3.78. The van der Waals surface area contributed by atoms with E-state index in [2.05, 4.69) is 0 Å². The molecule has 0 heterocycles. The van der Waals surface area contributed by atoms with Crippen molar-refractivity contribution in [3.63, 3.8) is 0 Å². The predicted octanol–water partition coefficient (Wildman–Crippen LogP) is 4.02. The molecule has 0 radical (unpaired) electrons. The van der Waals surface area contributed by atoms with Crippen LogP contribution >= 0.6 is 0 Å². The van der Waals surface area contributed by atoms with Gasteiger partial charge in [-0.05, 0) is 57.1 Å². The molecule has 1 spiro atoms. The van der Waals surface area contributed by atoms with E-state index in [1.807, 2.05) is 19.9 Å². The standard InChI is InChI=1S/C23H28O5/c1-4-26-17-12-23(28-13(3)24)19-18(22(23)11-7-10-16(17)22)14-8-6-9-15(14)20(25)21(19)27-5-2/h12,16,25H,4-11H2,1-3H3/t16-,22-,23-/m1/s1. The highest BCUT2D eigenvalue weighted by atomic mass is 16.6. The predicted molar refractivity (Wildman–Crippen MR) is 103 cm³/mol. The second-order valence-electron chi connectivity index (χ2n) is 8.40. The fourth-order valence-corrected chi connectivity index (χ4v) is 6.62. The largest absolute Gasteiger partial charge is 0.504 e. The molecule has 1 saturated carbocycles. The van der Waals surface area contributed by atoms with Crippen LogP contribution in [0.4, 0.5) is 0 Å². The van der Waals surface area contributed by atoms with Gasteiger partial charge in [-0.25, -0.2) is 0 Å². The number of benzene rings is 1. The van der Waals surface area contributed by atoms with Crippen LogP contribution in [0.15, 0.2) is 11.8 Å². The van der Waals surface area contributed by atoms with Crippen molar-refractivity contribution in [1.82, 2.24) is 0 Å². The highest BCUT2D eigenvalue weighted by Gasteiger charge is 2.76. The number of hydrogen-bond donors (Lipinski definition) is 1. The van der Waals surface area contributed by atoms with Gasteiger partial charge in [0.15, 0.2) is 17.1 Å². The Hall–Kier alpha value is -2.17. The van der Waals surface area contributed by atoms with Gasteiger partial charge in [0.2, 0.25) is 0 Å². The summed E-state index contributed by atoms with van der Waals surface area (Å²) in [6, 6.07) is 0. The van der Waals surface area contributed by atoms with Crippen LogP contribution in [0.2, 0.25) is 0 Å². The lowest BCUT2D eigenvalue weighted by molar-refractivity contribution is -0.166. The summed E-state index contributed by atoms with van der Waals surface area (Å²) >= 11 is 0. The maximum Gasteiger partial charge on any atom is 0.303 e. The van der Waals surface area contributed by atoms with Crippen molar-refractivity contribution in [2.45, 2.75) is 70.3 Å². The molecule has 5 rings (SSSR count). The molecule has 4 aliphatic rings. The molecule has 5 heteroatoms. The summed E-state index contributed by atoms with van der Waals surface area (Å²) in [7, 11) is 0. The Morgan fingerprint density at radius 3 is 2.61 bits per heavy atom. The summed E-state index contributed by atoms with van der Waals surface area (Å²) in [6.07, 6.45) is 7.98. The molecule has 0 amide bonds. The molecule has 0 aromatic heterocycles. The third-order valence-electron chi connectivity index (χ3n) is 7.23. The van der Waals surface area contributed by atoms with Crippen molar-refractivity contribution in [3.05, 3.63) is 34.1 Å². The van der Waals surface area contributed by atoms with Crippen molar-refractivity contribution >= 4 is 5.97 Å². The number of phenols is 1. The van der Waals surface area contributed by atoms with E-state index in [1.165, 1.54) is 18.1 Å². The highest BCUT2D eigenvalue weighted by Crippen LogP contribution is 2.76. The number of allylic oxidation sites excluding steroid dienone is 1. The second kappa shape index (κ2) is 5.91. The summed E-state index contributed by atoms with van der Waals surface area (Å²) in [5.41, 5.74) is 3.27. The number of carbonyl (C=O) groups is 1. The molecule has 1 fully saturated rings. The lowest BCUT2D eigenvalue weighted by atomic mass is 9.50. The van der Waals surface area contributed by atoms with Gasteiger partial charge in [0.1, 0.15) is 5.76 Å². The van der Waals surface area contributed by atoms with Gasteiger partial charge in [0, 0.05) is 24.5 Å². The Labute approximate surface area is 165 Å². The Morgan fingerprint density at radius 2 is 1.89 bits per heavy atom. The maximum absolute atomic E-state index is 12.2. The van der Waals surface area contributed by atoms with Gasteiger partial charge >= 0.3 is 5.97 Å². The van der Waals surface area contributed by atoms with E-state index in [0.717, 1.165) is 55.4 Å². The van der Waals surface area contributed by atoms with Gasteiger partial charge in [-0.3, -0.25) is 4.79 Å². The Bertz CT molecular complexity index is 901. The van der Waals surface area contributed by atoms with Crippen LogP contribution in [0.3, 0.4) is 0 Å². The molecule has 28 heavy (non-hydrogen) atoms. The number of phenolic OH excluding ortho intramolecular Hbond substituents is 1. The zero-order chi connectivity index (χ0) is 19.7. The van der Waals surface area contributed by atoms with E-state index in [0.29, 0.717) is 19.0 Å². The van der Waals surface area contributed by atoms with E-state index in [9.17, 15) is 9.90 Å². The molecule has 1 aromatic carbocycles. The van der Waals surface area contributed by atoms with Crippen molar-refractivity contribution in [3.8, 4) is 11.5 Å². The third kappa shape index (κ3) is 1.85. The number of fused-ring (bicyclic) bond motifs is 4. The van der Waals surface area contributed by atoms with Crippen LogP contribution in [0.5, 0.6) is 11.5 Å². The summed E-state index contributed by atoms with van der Waals surface area (Å²) in [5, 5.41) is 11.0. The van der Waals surface area contributed by atoms with E-state index < -0.39 is 5.60 Å². The molecule has 150 valence electrons. The zero-order valence-corrected chi connectivity index (χ0v) is 16.9. The number of aromatic hydroxyl groups is 1. The van der Waals surface area contributed by atoms with E-state index >= 15 is 0 Å². The summed E-state index contributed by atoms with van der Waals surface area (Å²) in [4.78, 5) is 12.2. The third-order valence-corrected chi connectivity index (χ3v) is 7.23. The van der Waals surface area contributed by atoms with Crippen LogP contribution in [-0.2, 0) is 38.1 Å². The van der Waals surface area contributed by atoms with E-state index in [-0.39, 0.29) is 23.1 Å². The molecule has 0 saturated heterocycles. The van der Waals surface area contributed by atoms with Crippen molar-refractivity contribution < 1.29 is 24.1 Å². The first kappa shape index (κ1) is 17.9. The quantitative estimate of drug-likeness (QED) is 0.777. The molecule has 0 aliphatic heterocycles. The smallest absolute Gasteiger partial charge is 0.303 e. The molecule has 1 N–H and O–H groups in total. The zero-order valence-electron chi connectivity index (χ0n) is 16.9. The first-order valence-corrected chi connectivity index (χ1v) is 10.6. The Morgan fingerprint density at radius 1 is 1.14 bits per heavy atom. The van der Waals surface area contributed by atoms with Gasteiger partial charge in [-0.2, -0.15) is 0 Å². The molecule has 0 bridgehead atoms. The number of hydrogen-bond acceptors (Lipinski definition) is 5. The van der Waals surface area contributed by atoms with Crippen molar-refractivity contribution in [2.24, 2.45) is 5.92 Å². The Balaban J connectivity index is 1.83. The molecule has 5 nitrogen and oxygen atoms in total.